The SMILES string of the molecule is CC(C)(C)CCC1(CO)CCCN1. The Hall–Kier alpha value is -0.0800. The number of hydrogen-bond acceptors (Lipinski definition) is 2. The van der Waals surface area contributed by atoms with Crippen molar-refractivity contribution in [1.29, 1.82) is 0 Å². The van der Waals surface area contributed by atoms with E-state index in [0.29, 0.717) is 12.0 Å². The van der Waals surface area contributed by atoms with Gasteiger partial charge < -0.3 is 10.4 Å². The van der Waals surface area contributed by atoms with E-state index in [-0.39, 0.29) is 5.54 Å². The largest absolute Gasteiger partial charge is 0.394 e. The molecule has 13 heavy (non-hydrogen) atoms. The predicted molar refractivity (Wildman–Crippen MR) is 55.7 cm³/mol. The van der Waals surface area contributed by atoms with Gasteiger partial charge in [0, 0.05) is 5.54 Å². The minimum absolute atomic E-state index is 0.0489. The molecule has 1 fully saturated rings. The summed E-state index contributed by atoms with van der Waals surface area (Å²) >= 11 is 0. The van der Waals surface area contributed by atoms with Gasteiger partial charge in [0.15, 0.2) is 0 Å². The van der Waals surface area contributed by atoms with Crippen LogP contribution >= 0.6 is 0 Å². The number of hydrogen-bond donors (Lipinski definition) is 2. The molecule has 0 saturated carbocycles. The zero-order valence-electron chi connectivity index (χ0n) is 9.19. The fraction of sp³-hybridized carbons (Fsp3) is 1.00. The van der Waals surface area contributed by atoms with Crippen molar-refractivity contribution in [2.45, 2.75) is 52.0 Å². The highest BCUT2D eigenvalue weighted by Crippen LogP contribution is 2.30. The molecule has 1 saturated heterocycles. The molecular weight excluding hydrogens is 162 g/mol. The highest BCUT2D eigenvalue weighted by Gasteiger charge is 2.33. The van der Waals surface area contributed by atoms with E-state index in [1.807, 2.05) is 0 Å². The first kappa shape index (κ1) is 11.0. The fourth-order valence-electron chi connectivity index (χ4n) is 1.91. The summed E-state index contributed by atoms with van der Waals surface area (Å²) in [6.07, 6.45) is 4.64. The molecular formula is C11H23NO. The molecule has 78 valence electrons. The Morgan fingerprint density at radius 3 is 2.46 bits per heavy atom. The molecule has 1 aliphatic heterocycles. The molecule has 0 aromatic carbocycles. The maximum atomic E-state index is 9.35. The molecule has 0 radical (unpaired) electrons. The first-order valence-corrected chi connectivity index (χ1v) is 5.33. The molecule has 2 nitrogen and oxygen atoms in total. The Bertz CT molecular complexity index is 154. The topological polar surface area (TPSA) is 32.3 Å². The second-order valence-corrected chi connectivity index (χ2v) is 5.53. The summed E-state index contributed by atoms with van der Waals surface area (Å²) in [6, 6.07) is 0. The Balaban J connectivity index is 2.40. The van der Waals surface area contributed by atoms with Gasteiger partial charge in [0.25, 0.3) is 0 Å². The normalized spacial score (nSPS) is 29.5. The molecule has 1 rings (SSSR count). The van der Waals surface area contributed by atoms with Crippen molar-refractivity contribution in [3.05, 3.63) is 0 Å². The summed E-state index contributed by atoms with van der Waals surface area (Å²) in [5.74, 6) is 0. The van der Waals surface area contributed by atoms with Crippen molar-refractivity contribution in [3.63, 3.8) is 0 Å². The zero-order chi connectivity index (χ0) is 9.95. The van der Waals surface area contributed by atoms with Gasteiger partial charge >= 0.3 is 0 Å². The highest BCUT2D eigenvalue weighted by atomic mass is 16.3. The quantitative estimate of drug-likeness (QED) is 0.704. The lowest BCUT2D eigenvalue weighted by molar-refractivity contribution is 0.153. The monoisotopic (exact) mass is 185 g/mol. The Labute approximate surface area is 81.7 Å². The molecule has 0 spiro atoms. The van der Waals surface area contributed by atoms with Crippen molar-refractivity contribution >= 4 is 0 Å². The van der Waals surface area contributed by atoms with E-state index in [2.05, 4.69) is 26.1 Å². The Morgan fingerprint density at radius 1 is 1.38 bits per heavy atom. The minimum atomic E-state index is 0.0489. The summed E-state index contributed by atoms with van der Waals surface area (Å²) in [5, 5.41) is 12.8. The Kier molecular flexibility index (Phi) is 3.36. The lowest BCUT2D eigenvalue weighted by atomic mass is 9.83. The predicted octanol–water partition coefficient (Wildman–Crippen LogP) is 1.93. The van der Waals surface area contributed by atoms with Crippen molar-refractivity contribution < 1.29 is 5.11 Å². The molecule has 1 aliphatic rings. The maximum Gasteiger partial charge on any atom is 0.0613 e. The van der Waals surface area contributed by atoms with Crippen LogP contribution in [0.15, 0.2) is 0 Å². The van der Waals surface area contributed by atoms with Crippen LogP contribution in [-0.4, -0.2) is 23.8 Å². The molecule has 2 N–H and O–H groups in total. The van der Waals surface area contributed by atoms with Crippen LogP contribution in [0.2, 0.25) is 0 Å². The first-order valence-electron chi connectivity index (χ1n) is 5.33. The van der Waals surface area contributed by atoms with E-state index in [1.54, 1.807) is 0 Å². The van der Waals surface area contributed by atoms with Gasteiger partial charge in [0.1, 0.15) is 0 Å². The van der Waals surface area contributed by atoms with E-state index in [9.17, 15) is 5.11 Å². The average molecular weight is 185 g/mol. The number of aliphatic hydroxyl groups excluding tert-OH is 1. The van der Waals surface area contributed by atoms with Gasteiger partial charge in [-0.3, -0.25) is 0 Å². The minimum Gasteiger partial charge on any atom is -0.394 e. The lowest BCUT2D eigenvalue weighted by Crippen LogP contribution is -2.43. The number of aliphatic hydroxyl groups is 1. The third-order valence-electron chi connectivity index (χ3n) is 2.99. The van der Waals surface area contributed by atoms with E-state index < -0.39 is 0 Å². The highest BCUT2D eigenvalue weighted by molar-refractivity contribution is 4.93. The fourth-order valence-corrected chi connectivity index (χ4v) is 1.91. The molecule has 0 aromatic rings. The number of rotatable bonds is 3. The number of nitrogens with one attached hydrogen (secondary N) is 1. The van der Waals surface area contributed by atoms with Crippen LogP contribution in [0.3, 0.4) is 0 Å². The molecule has 0 bridgehead atoms. The third kappa shape index (κ3) is 3.28. The van der Waals surface area contributed by atoms with Gasteiger partial charge in [0.2, 0.25) is 0 Å². The standard InChI is InChI=1S/C11H23NO/c1-10(2,3)6-7-11(9-13)5-4-8-12-11/h12-13H,4-9H2,1-3H3. The Morgan fingerprint density at radius 2 is 2.08 bits per heavy atom. The van der Waals surface area contributed by atoms with Gasteiger partial charge in [-0.05, 0) is 37.6 Å². The van der Waals surface area contributed by atoms with E-state index in [4.69, 9.17) is 0 Å². The van der Waals surface area contributed by atoms with Crippen LogP contribution in [0, 0.1) is 5.41 Å². The van der Waals surface area contributed by atoms with Crippen molar-refractivity contribution in [2.24, 2.45) is 5.41 Å². The van der Waals surface area contributed by atoms with Crippen molar-refractivity contribution in [1.82, 2.24) is 5.32 Å². The summed E-state index contributed by atoms with van der Waals surface area (Å²) in [7, 11) is 0. The molecule has 1 unspecified atom stereocenters. The van der Waals surface area contributed by atoms with Crippen LogP contribution in [0.25, 0.3) is 0 Å². The maximum absolute atomic E-state index is 9.35. The van der Waals surface area contributed by atoms with Gasteiger partial charge in [-0.25, -0.2) is 0 Å². The summed E-state index contributed by atoms with van der Waals surface area (Å²) < 4.78 is 0. The van der Waals surface area contributed by atoms with Gasteiger partial charge in [0.05, 0.1) is 6.61 Å². The molecule has 0 aromatic heterocycles. The van der Waals surface area contributed by atoms with E-state index >= 15 is 0 Å². The molecule has 2 heteroatoms. The molecule has 1 heterocycles. The van der Waals surface area contributed by atoms with Gasteiger partial charge in [-0.1, -0.05) is 20.8 Å². The summed E-state index contributed by atoms with van der Waals surface area (Å²) in [6.45, 7) is 8.14. The lowest BCUT2D eigenvalue weighted by Gasteiger charge is -2.30. The second-order valence-electron chi connectivity index (χ2n) is 5.53. The van der Waals surface area contributed by atoms with Crippen molar-refractivity contribution in [2.75, 3.05) is 13.2 Å². The third-order valence-corrected chi connectivity index (χ3v) is 2.99. The van der Waals surface area contributed by atoms with E-state index in [0.717, 1.165) is 19.4 Å². The molecule has 1 atom stereocenters. The van der Waals surface area contributed by atoms with Gasteiger partial charge in [-0.15, -0.1) is 0 Å². The van der Waals surface area contributed by atoms with Crippen LogP contribution in [0.5, 0.6) is 0 Å². The second kappa shape index (κ2) is 3.97. The van der Waals surface area contributed by atoms with Crippen LogP contribution in [0.4, 0.5) is 0 Å². The van der Waals surface area contributed by atoms with Crippen LogP contribution < -0.4 is 5.32 Å². The van der Waals surface area contributed by atoms with Crippen LogP contribution in [0.1, 0.15) is 46.5 Å². The van der Waals surface area contributed by atoms with Gasteiger partial charge in [-0.2, -0.15) is 0 Å². The zero-order valence-corrected chi connectivity index (χ0v) is 9.19. The summed E-state index contributed by atoms with van der Waals surface area (Å²) in [4.78, 5) is 0. The van der Waals surface area contributed by atoms with Crippen molar-refractivity contribution in [3.8, 4) is 0 Å². The van der Waals surface area contributed by atoms with Crippen LogP contribution in [-0.2, 0) is 0 Å². The summed E-state index contributed by atoms with van der Waals surface area (Å²) in [5.41, 5.74) is 0.430. The average Bonchev–Trinajstić information content (AvgIpc) is 2.49. The first-order chi connectivity index (χ1) is 5.97. The van der Waals surface area contributed by atoms with E-state index in [1.165, 1.54) is 12.8 Å². The smallest absolute Gasteiger partial charge is 0.0613 e. The molecule has 0 amide bonds. The molecule has 0 aliphatic carbocycles.